The molecular formula is C14H8Cl3FO. The van der Waals surface area contributed by atoms with E-state index in [0.29, 0.717) is 15.6 Å². The van der Waals surface area contributed by atoms with Gasteiger partial charge in [-0.05, 0) is 35.9 Å². The molecule has 2 aromatic carbocycles. The summed E-state index contributed by atoms with van der Waals surface area (Å²) in [6.45, 7) is 0. The Labute approximate surface area is 124 Å². The van der Waals surface area contributed by atoms with Crippen LogP contribution in [0.4, 0.5) is 4.39 Å². The lowest BCUT2D eigenvalue weighted by atomic mass is 10.0. The van der Waals surface area contributed by atoms with Crippen LogP contribution in [0.5, 0.6) is 0 Å². The molecule has 5 heteroatoms. The van der Waals surface area contributed by atoms with E-state index < -0.39 is 5.82 Å². The minimum absolute atomic E-state index is 0.0790. The van der Waals surface area contributed by atoms with Crippen molar-refractivity contribution in [3.05, 3.63) is 68.4 Å². The summed E-state index contributed by atoms with van der Waals surface area (Å²) >= 11 is 17.3. The summed E-state index contributed by atoms with van der Waals surface area (Å²) in [4.78, 5) is 12.1. The predicted molar refractivity (Wildman–Crippen MR) is 75.9 cm³/mol. The molecule has 0 unspecified atom stereocenters. The van der Waals surface area contributed by atoms with Gasteiger partial charge in [0.2, 0.25) is 0 Å². The zero-order valence-electron chi connectivity index (χ0n) is 9.59. The summed E-state index contributed by atoms with van der Waals surface area (Å²) in [5.41, 5.74) is 0.598. The lowest BCUT2D eigenvalue weighted by Gasteiger charge is -2.05. The first-order valence-electron chi connectivity index (χ1n) is 5.39. The molecule has 0 heterocycles. The number of hydrogen-bond acceptors (Lipinski definition) is 1. The van der Waals surface area contributed by atoms with Crippen molar-refractivity contribution in [3.8, 4) is 0 Å². The fraction of sp³-hybridized carbons (Fsp3) is 0.0714. The molecule has 1 nitrogen and oxygen atoms in total. The number of carbonyl (C=O) groups excluding carboxylic acids is 1. The third-order valence-corrected chi connectivity index (χ3v) is 3.38. The number of rotatable bonds is 3. The lowest BCUT2D eigenvalue weighted by molar-refractivity contribution is 0.0992. The fourth-order valence-electron chi connectivity index (χ4n) is 1.65. The molecule has 0 atom stereocenters. The van der Waals surface area contributed by atoms with Crippen molar-refractivity contribution in [1.82, 2.24) is 0 Å². The molecule has 19 heavy (non-hydrogen) atoms. The highest BCUT2D eigenvalue weighted by Gasteiger charge is 2.14. The Morgan fingerprint density at radius 2 is 1.63 bits per heavy atom. The van der Waals surface area contributed by atoms with Crippen molar-refractivity contribution in [2.45, 2.75) is 6.42 Å². The standard InChI is InChI=1S/C14H8Cl3FO/c15-9-3-4-11(12(17)6-9)14(19)5-8-1-2-10(16)7-13(8)18/h1-4,6-7H,5H2. The maximum absolute atomic E-state index is 13.6. The van der Waals surface area contributed by atoms with E-state index in [0.717, 1.165) is 0 Å². The van der Waals surface area contributed by atoms with Crippen LogP contribution in [0.15, 0.2) is 36.4 Å². The largest absolute Gasteiger partial charge is 0.294 e. The van der Waals surface area contributed by atoms with E-state index in [9.17, 15) is 9.18 Å². The zero-order chi connectivity index (χ0) is 14.0. The van der Waals surface area contributed by atoms with Crippen LogP contribution < -0.4 is 0 Å². The van der Waals surface area contributed by atoms with Crippen LogP contribution in [0.2, 0.25) is 15.1 Å². The average molecular weight is 318 g/mol. The molecule has 0 saturated carbocycles. The Morgan fingerprint density at radius 3 is 2.26 bits per heavy atom. The van der Waals surface area contributed by atoms with Crippen molar-refractivity contribution in [3.63, 3.8) is 0 Å². The smallest absolute Gasteiger partial charge is 0.168 e. The summed E-state index contributed by atoms with van der Waals surface area (Å²) in [5.74, 6) is -0.783. The van der Waals surface area contributed by atoms with Gasteiger partial charge in [-0.15, -0.1) is 0 Å². The number of carbonyl (C=O) groups is 1. The molecule has 2 rings (SSSR count). The second-order valence-corrected chi connectivity index (χ2v) is 5.24. The Balaban J connectivity index is 2.25. The Bertz CT molecular complexity index is 641. The van der Waals surface area contributed by atoms with Crippen LogP contribution in [-0.2, 0) is 6.42 Å². The van der Waals surface area contributed by atoms with Crippen LogP contribution in [0.3, 0.4) is 0 Å². The third-order valence-electron chi connectivity index (χ3n) is 2.60. The van der Waals surface area contributed by atoms with Crippen molar-refractivity contribution in [2.75, 3.05) is 0 Å². The van der Waals surface area contributed by atoms with Gasteiger partial charge in [0.05, 0.1) is 5.02 Å². The monoisotopic (exact) mass is 316 g/mol. The third kappa shape index (κ3) is 3.47. The van der Waals surface area contributed by atoms with Crippen molar-refractivity contribution in [2.24, 2.45) is 0 Å². The number of hydrogen-bond donors (Lipinski definition) is 0. The van der Waals surface area contributed by atoms with Gasteiger partial charge in [-0.3, -0.25) is 4.79 Å². The quantitative estimate of drug-likeness (QED) is 0.710. The summed E-state index contributed by atoms with van der Waals surface area (Å²) in [6.07, 6.45) is -0.0790. The van der Waals surface area contributed by atoms with Gasteiger partial charge >= 0.3 is 0 Å². The van der Waals surface area contributed by atoms with Crippen LogP contribution in [-0.4, -0.2) is 5.78 Å². The fourth-order valence-corrected chi connectivity index (χ4v) is 2.32. The minimum Gasteiger partial charge on any atom is -0.294 e. The van der Waals surface area contributed by atoms with Crippen molar-refractivity contribution < 1.29 is 9.18 Å². The maximum Gasteiger partial charge on any atom is 0.168 e. The van der Waals surface area contributed by atoms with Gasteiger partial charge in [0, 0.05) is 22.0 Å². The number of benzene rings is 2. The van der Waals surface area contributed by atoms with Gasteiger partial charge in [0.25, 0.3) is 0 Å². The highest BCUT2D eigenvalue weighted by molar-refractivity contribution is 6.36. The lowest BCUT2D eigenvalue weighted by Crippen LogP contribution is -2.06. The van der Waals surface area contributed by atoms with Gasteiger partial charge in [0.1, 0.15) is 5.82 Å². The van der Waals surface area contributed by atoms with Crippen molar-refractivity contribution in [1.29, 1.82) is 0 Å². The van der Waals surface area contributed by atoms with Crippen LogP contribution in [0, 0.1) is 5.82 Å². The van der Waals surface area contributed by atoms with E-state index in [2.05, 4.69) is 0 Å². The Kier molecular flexibility index (Phi) is 4.46. The van der Waals surface area contributed by atoms with Gasteiger partial charge in [-0.2, -0.15) is 0 Å². The van der Waals surface area contributed by atoms with E-state index in [1.807, 2.05) is 0 Å². The maximum atomic E-state index is 13.6. The second kappa shape index (κ2) is 5.91. The molecule has 0 fully saturated rings. The number of Topliss-reactive ketones (excluding diaryl/α,β-unsaturated/α-hetero) is 1. The topological polar surface area (TPSA) is 17.1 Å². The second-order valence-electron chi connectivity index (χ2n) is 3.96. The number of halogens is 4. The summed E-state index contributed by atoms with van der Waals surface area (Å²) in [6, 6.07) is 8.78. The van der Waals surface area contributed by atoms with Crippen LogP contribution in [0.25, 0.3) is 0 Å². The minimum atomic E-state index is -0.508. The first kappa shape index (κ1) is 14.3. The first-order chi connectivity index (χ1) is 8.97. The molecule has 0 aliphatic carbocycles. The molecule has 2 aromatic rings. The van der Waals surface area contributed by atoms with E-state index in [1.54, 1.807) is 6.07 Å². The summed E-state index contributed by atoms with van der Waals surface area (Å²) in [7, 11) is 0. The predicted octanol–water partition coefficient (Wildman–Crippen LogP) is 5.21. The molecule has 0 aliphatic heterocycles. The van der Waals surface area contributed by atoms with Crippen LogP contribution in [0.1, 0.15) is 15.9 Å². The summed E-state index contributed by atoms with van der Waals surface area (Å²) in [5, 5.41) is 0.990. The molecule has 0 bridgehead atoms. The van der Waals surface area contributed by atoms with E-state index in [1.165, 1.54) is 30.3 Å². The number of ketones is 1. The van der Waals surface area contributed by atoms with E-state index in [-0.39, 0.29) is 22.8 Å². The zero-order valence-corrected chi connectivity index (χ0v) is 11.9. The SMILES string of the molecule is O=C(Cc1ccc(Cl)cc1F)c1ccc(Cl)cc1Cl. The molecule has 0 radical (unpaired) electrons. The molecule has 0 amide bonds. The highest BCUT2D eigenvalue weighted by Crippen LogP contribution is 2.23. The molecule has 0 aliphatic rings. The van der Waals surface area contributed by atoms with Gasteiger partial charge in [-0.1, -0.05) is 40.9 Å². The molecule has 98 valence electrons. The van der Waals surface area contributed by atoms with Gasteiger partial charge in [-0.25, -0.2) is 4.39 Å². The molecule has 0 saturated heterocycles. The average Bonchev–Trinajstić information content (AvgIpc) is 2.32. The van der Waals surface area contributed by atoms with Crippen molar-refractivity contribution >= 4 is 40.6 Å². The van der Waals surface area contributed by atoms with E-state index in [4.69, 9.17) is 34.8 Å². The molecule has 0 aromatic heterocycles. The van der Waals surface area contributed by atoms with Crippen LogP contribution >= 0.6 is 34.8 Å². The highest BCUT2D eigenvalue weighted by atomic mass is 35.5. The van der Waals surface area contributed by atoms with Gasteiger partial charge < -0.3 is 0 Å². The molecular weight excluding hydrogens is 310 g/mol. The molecule has 0 N–H and O–H groups in total. The van der Waals surface area contributed by atoms with Gasteiger partial charge in [0.15, 0.2) is 5.78 Å². The summed E-state index contributed by atoms with van der Waals surface area (Å²) < 4.78 is 13.6. The Morgan fingerprint density at radius 1 is 1.00 bits per heavy atom. The normalized spacial score (nSPS) is 10.5. The first-order valence-corrected chi connectivity index (χ1v) is 6.53. The Hall–Kier alpha value is -1.09. The van der Waals surface area contributed by atoms with E-state index >= 15 is 0 Å². The molecule has 0 spiro atoms.